The van der Waals surface area contributed by atoms with E-state index in [4.69, 9.17) is 28.8 Å². The molecule has 0 aliphatic heterocycles. The monoisotopic (exact) mass is 464 g/mol. The molecule has 0 saturated carbocycles. The highest BCUT2D eigenvalue weighted by atomic mass is 16.4. The zero-order chi connectivity index (χ0) is 41.7. The van der Waals surface area contributed by atoms with E-state index in [9.17, 15) is 14.7 Å². The third-order valence-corrected chi connectivity index (χ3v) is 3.88. The Bertz CT molecular complexity index is 2190. The number of nitrogens with one attached hydrogen (secondary N) is 1. The predicted molar refractivity (Wildman–Crippen MR) is 127 cm³/mol. The molecule has 33 heavy (non-hydrogen) atoms. The molecule has 2 N–H and O–H groups in total. The van der Waals surface area contributed by atoms with Gasteiger partial charge in [-0.1, -0.05) is 29.7 Å². The number of hydrogen-bond acceptors (Lipinski definition) is 5. The van der Waals surface area contributed by atoms with Crippen LogP contribution < -0.4 is 10.2 Å². The van der Waals surface area contributed by atoms with Gasteiger partial charge in [0.05, 0.1) is 20.1 Å². The number of imidazole rings is 1. The molecule has 0 radical (unpaired) electrons. The number of nitrogens with zero attached hydrogens (tertiary/aromatic N) is 4. The Morgan fingerprint density at radius 3 is 2.61 bits per heavy atom. The maximum atomic E-state index is 13.4. The van der Waals surface area contributed by atoms with Gasteiger partial charge in [-0.3, -0.25) is 14.0 Å². The fourth-order valence-corrected chi connectivity index (χ4v) is 2.50. The van der Waals surface area contributed by atoms with Gasteiger partial charge in [-0.2, -0.15) is 0 Å². The van der Waals surface area contributed by atoms with Gasteiger partial charge in [0.2, 0.25) is 0 Å². The van der Waals surface area contributed by atoms with Gasteiger partial charge >= 0.3 is 5.97 Å². The van der Waals surface area contributed by atoms with Crippen LogP contribution >= 0.6 is 0 Å². The lowest BCUT2D eigenvalue weighted by atomic mass is 10.1. The van der Waals surface area contributed by atoms with Crippen LogP contribution in [0.2, 0.25) is 1.41 Å². The van der Waals surface area contributed by atoms with Crippen LogP contribution in [-0.2, 0) is 17.5 Å². The number of aromatic nitrogens is 3. The second kappa shape index (κ2) is 9.12. The van der Waals surface area contributed by atoms with Crippen LogP contribution in [0.25, 0.3) is 5.65 Å². The number of carbonyl (C=O) groups is 2. The first-order valence-electron chi connectivity index (χ1n) is 19.3. The summed E-state index contributed by atoms with van der Waals surface area (Å²) in [6.45, 7) is -6.39. The highest BCUT2D eigenvalue weighted by Crippen LogP contribution is 2.24. The summed E-state index contributed by atoms with van der Waals surface area (Å²) in [5, 5.41) is 9.48. The number of benzene rings is 2. The van der Waals surface area contributed by atoms with E-state index in [1.807, 2.05) is 0 Å². The fraction of sp³-hybridized carbons (Fsp3) is 0.200. The van der Waals surface area contributed by atoms with Gasteiger partial charge < -0.3 is 15.3 Å². The first-order chi connectivity index (χ1) is 24.4. The minimum Gasteiger partial charge on any atom is -0.481 e. The number of anilines is 2. The summed E-state index contributed by atoms with van der Waals surface area (Å²) in [5.74, 6) is -6.99. The number of rotatable bonds is 7. The standard InChI is InChI=1S/C25H25N5O3/c1-16-4-8-18(9-5-16)25(33)27-19-10-6-17(7-11-19)14-21-28-24(29(2)3)20(15-22(31)32)23-26-12-13-30(21)23/h4-13H,14-15H2,1-3H3,(H,27,33)(H,31,32)/i2D3,3D3,4D,5D,6D,7D,8D,9D,10D,11D,12D,13D,14D2,15D2/hD. The maximum absolute atomic E-state index is 13.4. The van der Waals surface area contributed by atoms with Crippen molar-refractivity contribution in [3.8, 4) is 0 Å². The van der Waals surface area contributed by atoms with E-state index >= 15 is 0 Å². The molecule has 8 nitrogen and oxygen atoms in total. The van der Waals surface area contributed by atoms with Crippen molar-refractivity contribution >= 4 is 29.0 Å². The number of carboxylic acid groups (broad SMARTS) is 1. The lowest BCUT2D eigenvalue weighted by Crippen LogP contribution is -2.19. The summed E-state index contributed by atoms with van der Waals surface area (Å²) in [6, 6.07) is -8.49. The zero-order valence-corrected chi connectivity index (χ0v) is 16.5. The molecule has 0 atom stereocenters. The SMILES string of the molecule is [2H]c1nc2c(C([2H])([2H])C(=O)O)c(N(C([2H])([2H])[2H])C([2H])([2H])[2H])nc(C([2H])([2H])c3c([2H])c([2H])c(N([2H])C(=O)c4c([2H])c([2H])c(C)c([2H])c4[2H])c([2H])c3[2H])n2c1[2H]. The Balaban J connectivity index is 2.14. The number of amides is 1. The molecule has 2 aromatic carbocycles. The summed E-state index contributed by atoms with van der Waals surface area (Å²) in [7, 11) is 0. The zero-order valence-electron chi connectivity index (χ0n) is 37.5. The Kier molecular flexibility index (Phi) is 2.21. The molecule has 0 saturated heterocycles. The third-order valence-electron chi connectivity index (χ3n) is 3.88. The van der Waals surface area contributed by atoms with Gasteiger partial charge in [0.1, 0.15) is 17.3 Å². The number of carboxylic acids is 1. The van der Waals surface area contributed by atoms with Crippen LogP contribution in [-0.4, -0.2) is 45.3 Å². The molecule has 0 bridgehead atoms. The summed E-state index contributed by atoms with van der Waals surface area (Å²) < 4.78 is 173. The van der Waals surface area contributed by atoms with E-state index in [0.29, 0.717) is 0 Å². The van der Waals surface area contributed by atoms with Crippen molar-refractivity contribution in [1.82, 2.24) is 14.4 Å². The minimum atomic E-state index is -3.81. The molecule has 168 valence electrons. The summed E-state index contributed by atoms with van der Waals surface area (Å²) in [4.78, 5) is 32.3. The Hall–Kier alpha value is -4.20. The van der Waals surface area contributed by atoms with Crippen LogP contribution in [0.3, 0.4) is 0 Å². The van der Waals surface area contributed by atoms with Gasteiger partial charge in [0, 0.05) is 63.2 Å². The summed E-state index contributed by atoms with van der Waals surface area (Å²) >= 11 is 0. The van der Waals surface area contributed by atoms with Gasteiger partial charge in [-0.05, 0) is 36.7 Å². The number of fused-ring (bicyclic) bond motifs is 1. The van der Waals surface area contributed by atoms with Crippen LogP contribution in [0.4, 0.5) is 11.5 Å². The number of hydrogen-bond donors (Lipinski definition) is 2. The first-order valence-corrected chi connectivity index (χ1v) is 8.82. The highest BCUT2D eigenvalue weighted by molar-refractivity contribution is 6.04. The molecular formula is C25H25N5O3. The third kappa shape index (κ3) is 4.85. The van der Waals surface area contributed by atoms with Crippen LogP contribution in [0.1, 0.15) is 60.3 Å². The average Bonchev–Trinajstić information content (AvgIpc) is 3.32. The van der Waals surface area contributed by atoms with Gasteiger partial charge in [0.25, 0.3) is 5.91 Å². The van der Waals surface area contributed by atoms with Crippen molar-refractivity contribution in [1.29, 1.82) is 0 Å². The number of carbonyl (C=O) groups excluding carboxylic acids is 1. The van der Waals surface area contributed by atoms with Crippen molar-refractivity contribution in [2.75, 3.05) is 24.2 Å². The molecule has 1 amide bonds. The van der Waals surface area contributed by atoms with E-state index < -0.39 is 144 Å². The van der Waals surface area contributed by atoms with Gasteiger partial charge in [-0.15, -0.1) is 0 Å². The summed E-state index contributed by atoms with van der Waals surface area (Å²) in [5.41, 5.74) is -6.26. The Morgan fingerprint density at radius 1 is 1.21 bits per heavy atom. The lowest BCUT2D eigenvalue weighted by Gasteiger charge is -2.18. The molecule has 0 aliphatic rings. The van der Waals surface area contributed by atoms with Gasteiger partial charge in [-0.25, -0.2) is 9.97 Å². The van der Waals surface area contributed by atoms with Crippen molar-refractivity contribution in [2.24, 2.45) is 0 Å². The van der Waals surface area contributed by atoms with Crippen molar-refractivity contribution < 1.29 is 43.5 Å². The fourth-order valence-electron chi connectivity index (χ4n) is 2.50. The number of aliphatic carboxylic acids is 1. The Labute approximate surface area is 221 Å². The largest absolute Gasteiger partial charge is 0.481 e. The molecular weight excluding hydrogens is 418 g/mol. The second-order valence-electron chi connectivity index (χ2n) is 6.16. The van der Waals surface area contributed by atoms with Crippen molar-refractivity contribution in [3.05, 3.63) is 88.8 Å². The van der Waals surface area contributed by atoms with Crippen LogP contribution in [0.5, 0.6) is 0 Å². The molecule has 0 fully saturated rings. The molecule has 0 unspecified atom stereocenters. The van der Waals surface area contributed by atoms with E-state index in [1.54, 1.807) is 0 Å². The predicted octanol–water partition coefficient (Wildman–Crippen LogP) is 3.57. The second-order valence-corrected chi connectivity index (χ2v) is 6.16. The van der Waals surface area contributed by atoms with Gasteiger partial charge in [0.15, 0.2) is 1.41 Å². The highest BCUT2D eigenvalue weighted by Gasteiger charge is 2.19. The van der Waals surface area contributed by atoms with Crippen molar-refractivity contribution in [3.63, 3.8) is 0 Å². The van der Waals surface area contributed by atoms with E-state index in [0.717, 1.165) is 0 Å². The molecule has 0 aliphatic carbocycles. The smallest absolute Gasteiger partial charge is 0.308 e. The lowest BCUT2D eigenvalue weighted by molar-refractivity contribution is -0.136. The normalized spacial score (nSPS) is 21.7. The average molecular weight is 465 g/mol. The topological polar surface area (TPSA) is 99.8 Å². The summed E-state index contributed by atoms with van der Waals surface area (Å²) in [6.07, 6.45) is -9.73. The van der Waals surface area contributed by atoms with E-state index in [1.165, 1.54) is 6.92 Å². The Morgan fingerprint density at radius 2 is 1.94 bits per heavy atom. The molecule has 2 aromatic heterocycles. The first kappa shape index (κ1) is 7.98. The maximum Gasteiger partial charge on any atom is 0.308 e. The minimum absolute atomic E-state index is 0.154. The molecule has 4 rings (SSSR count). The van der Waals surface area contributed by atoms with Crippen LogP contribution in [0, 0.1) is 6.92 Å². The quantitative estimate of drug-likeness (QED) is 0.434. The van der Waals surface area contributed by atoms with Crippen molar-refractivity contribution in [2.45, 2.75) is 19.7 Å². The molecule has 2 heterocycles. The molecule has 8 heteroatoms. The van der Waals surface area contributed by atoms with E-state index in [-0.39, 0.29) is 15.3 Å². The van der Waals surface area contributed by atoms with Crippen LogP contribution in [0.15, 0.2) is 60.7 Å². The van der Waals surface area contributed by atoms with E-state index in [2.05, 4.69) is 9.97 Å². The molecule has 0 spiro atoms. The molecule has 4 aromatic rings.